The molecule has 2 aliphatic heterocycles. The average Bonchev–Trinajstić information content (AvgIpc) is 3.39. The molecule has 1 atom stereocenters. The number of carbonyl (C=O) groups excluding carboxylic acids is 1. The van der Waals surface area contributed by atoms with Gasteiger partial charge in [0.15, 0.2) is 0 Å². The molecule has 28 heavy (non-hydrogen) atoms. The molecule has 2 aromatic heterocycles. The van der Waals surface area contributed by atoms with Gasteiger partial charge >= 0.3 is 0 Å². The lowest BCUT2D eigenvalue weighted by atomic mass is 10.2. The molecule has 0 spiro atoms. The maximum Gasteiger partial charge on any atom is 0.262 e. The zero-order valence-corrected chi connectivity index (χ0v) is 15.5. The van der Waals surface area contributed by atoms with Crippen LogP contribution in [0.5, 0.6) is 0 Å². The molecule has 0 bridgehead atoms. The molecule has 3 aromatic rings. The third-order valence-electron chi connectivity index (χ3n) is 5.37. The average molecular weight is 377 g/mol. The van der Waals surface area contributed by atoms with E-state index >= 15 is 0 Å². The number of halogens is 1. The fourth-order valence-corrected chi connectivity index (χ4v) is 3.76. The molecule has 1 fully saturated rings. The molecule has 1 aromatic carbocycles. The number of rotatable bonds is 3. The lowest BCUT2D eigenvalue weighted by Crippen LogP contribution is -2.23. The van der Waals surface area contributed by atoms with E-state index in [1.807, 2.05) is 48.2 Å². The number of anilines is 2. The topological polar surface area (TPSA) is 54.3 Å². The summed E-state index contributed by atoms with van der Waals surface area (Å²) in [6, 6.07) is 11.7. The van der Waals surface area contributed by atoms with Gasteiger partial charge in [-0.05, 0) is 37.6 Å². The Labute approximate surface area is 162 Å². The second kappa shape index (κ2) is 6.44. The highest BCUT2D eigenvalue weighted by Crippen LogP contribution is 2.29. The summed E-state index contributed by atoms with van der Waals surface area (Å²) in [5.41, 5.74) is 4.19. The maximum atomic E-state index is 13.4. The molecule has 4 heterocycles. The van der Waals surface area contributed by atoms with Crippen molar-refractivity contribution >= 4 is 17.4 Å². The first kappa shape index (κ1) is 16.9. The fraction of sp³-hybridized carbons (Fsp3) is 0.286. The molecule has 5 rings (SSSR count). The number of amides is 1. The lowest BCUT2D eigenvalue weighted by molar-refractivity contribution is 0.0996. The van der Waals surface area contributed by atoms with E-state index in [1.54, 1.807) is 22.0 Å². The number of aromatic nitrogens is 3. The normalized spacial score (nSPS) is 18.8. The Kier molecular flexibility index (Phi) is 3.89. The predicted molar refractivity (Wildman–Crippen MR) is 105 cm³/mol. The summed E-state index contributed by atoms with van der Waals surface area (Å²) in [6.07, 6.45) is 3.24. The smallest absolute Gasteiger partial charge is 0.262 e. The van der Waals surface area contributed by atoms with Crippen molar-refractivity contribution in [2.75, 3.05) is 22.9 Å². The van der Waals surface area contributed by atoms with Crippen LogP contribution in [0.15, 0.2) is 48.8 Å². The van der Waals surface area contributed by atoms with E-state index in [1.165, 1.54) is 0 Å². The Morgan fingerprint density at radius 3 is 2.54 bits per heavy atom. The number of pyridine rings is 1. The minimum atomic E-state index is -0.780. The Hall–Kier alpha value is -3.22. The number of fused-ring (bicyclic) bond motifs is 1. The number of nitrogens with zero attached hydrogens (tertiary/aromatic N) is 5. The van der Waals surface area contributed by atoms with Crippen LogP contribution in [0.4, 0.5) is 15.9 Å². The largest absolute Gasteiger partial charge is 0.354 e. The molecule has 0 saturated carbocycles. The van der Waals surface area contributed by atoms with Crippen molar-refractivity contribution in [2.24, 2.45) is 0 Å². The van der Waals surface area contributed by atoms with Crippen LogP contribution in [0.2, 0.25) is 0 Å². The van der Waals surface area contributed by atoms with Crippen molar-refractivity contribution in [1.29, 1.82) is 0 Å². The van der Waals surface area contributed by atoms with E-state index in [0.29, 0.717) is 31.6 Å². The highest BCUT2D eigenvalue weighted by Gasteiger charge is 2.32. The second-order valence-electron chi connectivity index (χ2n) is 7.37. The summed E-state index contributed by atoms with van der Waals surface area (Å²) in [4.78, 5) is 20.9. The lowest BCUT2D eigenvalue weighted by Gasteiger charge is -2.17. The van der Waals surface area contributed by atoms with E-state index in [9.17, 15) is 9.18 Å². The summed E-state index contributed by atoms with van der Waals surface area (Å²) < 4.78 is 15.1. The number of hydrogen-bond donors (Lipinski definition) is 0. The van der Waals surface area contributed by atoms with Crippen LogP contribution in [-0.4, -0.2) is 39.9 Å². The van der Waals surface area contributed by atoms with Gasteiger partial charge < -0.3 is 9.80 Å². The monoisotopic (exact) mass is 377 g/mol. The molecule has 0 N–H and O–H groups in total. The van der Waals surface area contributed by atoms with E-state index in [2.05, 4.69) is 10.1 Å². The first-order chi connectivity index (χ1) is 13.6. The Morgan fingerprint density at radius 1 is 1.11 bits per heavy atom. The van der Waals surface area contributed by atoms with Crippen LogP contribution in [-0.2, 0) is 6.54 Å². The molecule has 0 aliphatic carbocycles. The fourth-order valence-electron chi connectivity index (χ4n) is 3.76. The highest BCUT2D eigenvalue weighted by atomic mass is 19.1. The summed E-state index contributed by atoms with van der Waals surface area (Å²) in [6.45, 7) is 3.56. The molecule has 7 heteroatoms. The number of aryl methyl sites for hydroxylation is 1. The molecule has 2 aliphatic rings. The summed E-state index contributed by atoms with van der Waals surface area (Å²) in [7, 11) is 0. The molecule has 1 amide bonds. The van der Waals surface area contributed by atoms with Crippen molar-refractivity contribution in [1.82, 2.24) is 14.8 Å². The van der Waals surface area contributed by atoms with Gasteiger partial charge in [-0.2, -0.15) is 5.10 Å². The van der Waals surface area contributed by atoms with Crippen molar-refractivity contribution < 1.29 is 9.18 Å². The van der Waals surface area contributed by atoms with Crippen LogP contribution in [0.25, 0.3) is 5.69 Å². The van der Waals surface area contributed by atoms with Crippen molar-refractivity contribution in [2.45, 2.75) is 26.1 Å². The minimum Gasteiger partial charge on any atom is -0.354 e. The Balaban J connectivity index is 1.36. The molecule has 142 valence electrons. The van der Waals surface area contributed by atoms with Gasteiger partial charge in [0.1, 0.15) is 12.0 Å². The predicted octanol–water partition coefficient (Wildman–Crippen LogP) is 3.28. The first-order valence-corrected chi connectivity index (χ1v) is 9.41. The van der Waals surface area contributed by atoms with E-state index in [-0.39, 0.29) is 5.91 Å². The van der Waals surface area contributed by atoms with Gasteiger partial charge in [-0.25, -0.2) is 14.1 Å². The van der Waals surface area contributed by atoms with Gasteiger partial charge in [0.25, 0.3) is 5.91 Å². The van der Waals surface area contributed by atoms with Crippen LogP contribution in [0.1, 0.15) is 28.0 Å². The minimum absolute atomic E-state index is 0.0410. The highest BCUT2D eigenvalue weighted by molar-refractivity contribution is 6.09. The molecular weight excluding hydrogens is 357 g/mol. The molecular formula is C21H20FN5O. The van der Waals surface area contributed by atoms with Gasteiger partial charge in [0.2, 0.25) is 0 Å². The van der Waals surface area contributed by atoms with Gasteiger partial charge in [-0.15, -0.1) is 0 Å². The van der Waals surface area contributed by atoms with E-state index in [4.69, 9.17) is 0 Å². The number of alkyl halides is 1. The second-order valence-corrected chi connectivity index (χ2v) is 7.37. The van der Waals surface area contributed by atoms with Gasteiger partial charge in [0, 0.05) is 18.4 Å². The first-order valence-electron chi connectivity index (χ1n) is 9.41. The zero-order valence-electron chi connectivity index (χ0n) is 15.5. The zero-order chi connectivity index (χ0) is 19.3. The van der Waals surface area contributed by atoms with Crippen LogP contribution in [0.3, 0.4) is 0 Å². The van der Waals surface area contributed by atoms with Crippen LogP contribution >= 0.6 is 0 Å². The quantitative estimate of drug-likeness (QED) is 0.703. The molecule has 6 nitrogen and oxygen atoms in total. The maximum absolute atomic E-state index is 13.4. The number of hydrogen-bond acceptors (Lipinski definition) is 4. The molecule has 1 saturated heterocycles. The third kappa shape index (κ3) is 2.83. The van der Waals surface area contributed by atoms with Gasteiger partial charge in [-0.1, -0.05) is 17.7 Å². The van der Waals surface area contributed by atoms with E-state index < -0.39 is 6.17 Å². The SMILES string of the molecule is Cc1ccc(N2Cc3nn(-c4ccc(N5CC[C@@H](F)C5)nc4)cc3C2=O)cc1. The summed E-state index contributed by atoms with van der Waals surface area (Å²) in [5.74, 6) is 0.728. The van der Waals surface area contributed by atoms with Crippen LogP contribution < -0.4 is 9.80 Å². The Morgan fingerprint density at radius 2 is 1.89 bits per heavy atom. The van der Waals surface area contributed by atoms with Crippen molar-refractivity contribution in [3.05, 3.63) is 65.6 Å². The van der Waals surface area contributed by atoms with Gasteiger partial charge in [-0.3, -0.25) is 4.79 Å². The summed E-state index contributed by atoms with van der Waals surface area (Å²) >= 11 is 0. The van der Waals surface area contributed by atoms with Gasteiger partial charge in [0.05, 0.1) is 36.2 Å². The third-order valence-corrected chi connectivity index (χ3v) is 5.37. The molecule has 0 unspecified atom stereocenters. The number of carbonyl (C=O) groups is 1. The van der Waals surface area contributed by atoms with Crippen molar-refractivity contribution in [3.8, 4) is 5.69 Å². The van der Waals surface area contributed by atoms with Crippen LogP contribution in [0, 0.1) is 6.92 Å². The molecule has 0 radical (unpaired) electrons. The number of benzene rings is 1. The van der Waals surface area contributed by atoms with Crippen molar-refractivity contribution in [3.63, 3.8) is 0 Å². The standard InChI is InChI=1S/C21H20FN5O/c1-14-2-4-16(5-3-14)26-13-19-18(21(26)28)12-27(24-19)17-6-7-20(23-10-17)25-9-8-15(22)11-25/h2-7,10,12,15H,8-9,11,13H2,1H3/t15-/m1/s1. The van der Waals surface area contributed by atoms with E-state index in [0.717, 1.165) is 28.5 Å². The Bertz CT molecular complexity index is 1030. The summed E-state index contributed by atoms with van der Waals surface area (Å²) in [5, 5.41) is 4.58.